The van der Waals surface area contributed by atoms with Crippen LogP contribution in [0.5, 0.6) is 5.75 Å². The Labute approximate surface area is 151 Å². The molecule has 128 valence electrons. The van der Waals surface area contributed by atoms with E-state index in [1.807, 2.05) is 19.1 Å². The molecule has 0 spiro atoms. The number of piperidine rings is 1. The fourth-order valence-corrected chi connectivity index (χ4v) is 3.41. The van der Waals surface area contributed by atoms with Gasteiger partial charge in [0.2, 0.25) is 0 Å². The average molecular weight is 367 g/mol. The molecule has 0 unspecified atom stereocenters. The number of hydrogen-bond acceptors (Lipinski definition) is 3. The Hall–Kier alpha value is -1.49. The van der Waals surface area contributed by atoms with Gasteiger partial charge in [0.25, 0.3) is 5.56 Å². The zero-order valence-electron chi connectivity index (χ0n) is 13.5. The molecular formula is C18H20Cl2N2O2. The van der Waals surface area contributed by atoms with Crippen LogP contribution < -0.4 is 15.6 Å². The molecule has 1 N–H and O–H groups in total. The van der Waals surface area contributed by atoms with E-state index in [-0.39, 0.29) is 11.7 Å². The number of ether oxygens (including phenoxy) is 1. The molecule has 0 aliphatic carbocycles. The molecule has 2 aromatic rings. The summed E-state index contributed by atoms with van der Waals surface area (Å²) in [6.45, 7) is 4.31. The second kappa shape index (κ2) is 7.60. The highest BCUT2D eigenvalue weighted by molar-refractivity contribution is 6.31. The van der Waals surface area contributed by atoms with Crippen LogP contribution in [0.2, 0.25) is 10.0 Å². The number of nitrogens with zero attached hydrogens (tertiary/aromatic N) is 1. The van der Waals surface area contributed by atoms with Crippen LogP contribution in [0.4, 0.5) is 0 Å². The summed E-state index contributed by atoms with van der Waals surface area (Å²) in [5.74, 6) is 0.827. The number of benzene rings is 1. The minimum absolute atomic E-state index is 0.145. The van der Waals surface area contributed by atoms with Crippen molar-refractivity contribution < 1.29 is 4.74 Å². The highest BCUT2D eigenvalue weighted by Gasteiger charge is 2.18. The number of halogens is 2. The SMILES string of the molecule is Cc1cc(Cl)cc(Cn2ccc(Cl)cc2=O)c1OC1CCNCC1. The van der Waals surface area contributed by atoms with E-state index in [0.29, 0.717) is 16.6 Å². The van der Waals surface area contributed by atoms with Gasteiger partial charge in [-0.3, -0.25) is 4.79 Å². The second-order valence-electron chi connectivity index (χ2n) is 6.09. The van der Waals surface area contributed by atoms with Crippen molar-refractivity contribution in [2.75, 3.05) is 13.1 Å². The maximum absolute atomic E-state index is 12.1. The fraction of sp³-hybridized carbons (Fsp3) is 0.389. The lowest BCUT2D eigenvalue weighted by Crippen LogP contribution is -2.34. The fourth-order valence-electron chi connectivity index (χ4n) is 2.96. The van der Waals surface area contributed by atoms with E-state index in [4.69, 9.17) is 27.9 Å². The molecule has 0 amide bonds. The van der Waals surface area contributed by atoms with Crippen LogP contribution in [0.1, 0.15) is 24.0 Å². The van der Waals surface area contributed by atoms with Crippen LogP contribution in [0.15, 0.2) is 35.3 Å². The van der Waals surface area contributed by atoms with E-state index in [1.165, 1.54) is 6.07 Å². The lowest BCUT2D eigenvalue weighted by molar-refractivity contribution is 0.159. The highest BCUT2D eigenvalue weighted by atomic mass is 35.5. The molecule has 3 rings (SSSR count). The zero-order valence-corrected chi connectivity index (χ0v) is 15.0. The first kappa shape index (κ1) is 17.3. The first-order chi connectivity index (χ1) is 11.5. The molecule has 0 bridgehead atoms. The molecule has 6 heteroatoms. The predicted molar refractivity (Wildman–Crippen MR) is 97.5 cm³/mol. The van der Waals surface area contributed by atoms with Crippen molar-refractivity contribution in [1.29, 1.82) is 0 Å². The molecule has 1 aromatic heterocycles. The number of rotatable bonds is 4. The Kier molecular flexibility index (Phi) is 5.49. The van der Waals surface area contributed by atoms with Gasteiger partial charge in [0.05, 0.1) is 6.54 Å². The maximum Gasteiger partial charge on any atom is 0.252 e. The van der Waals surface area contributed by atoms with E-state index >= 15 is 0 Å². The third-order valence-electron chi connectivity index (χ3n) is 4.19. The van der Waals surface area contributed by atoms with Crippen LogP contribution in [-0.2, 0) is 6.54 Å². The quantitative estimate of drug-likeness (QED) is 0.897. The molecule has 4 nitrogen and oxygen atoms in total. The first-order valence-corrected chi connectivity index (χ1v) is 8.81. The van der Waals surface area contributed by atoms with Gasteiger partial charge >= 0.3 is 0 Å². The number of aromatic nitrogens is 1. The summed E-state index contributed by atoms with van der Waals surface area (Å²) in [4.78, 5) is 12.1. The smallest absolute Gasteiger partial charge is 0.252 e. The van der Waals surface area contributed by atoms with Gasteiger partial charge in [-0.25, -0.2) is 0 Å². The summed E-state index contributed by atoms with van der Waals surface area (Å²) < 4.78 is 7.87. The molecule has 1 aromatic carbocycles. The molecule has 24 heavy (non-hydrogen) atoms. The maximum atomic E-state index is 12.1. The van der Waals surface area contributed by atoms with Crippen molar-refractivity contribution in [1.82, 2.24) is 9.88 Å². The van der Waals surface area contributed by atoms with Crippen molar-refractivity contribution in [3.05, 3.63) is 62.0 Å². The molecule has 1 saturated heterocycles. The molecule has 0 radical (unpaired) electrons. The molecule has 1 fully saturated rings. The van der Waals surface area contributed by atoms with Gasteiger partial charge in [0.15, 0.2) is 0 Å². The van der Waals surface area contributed by atoms with Gasteiger partial charge in [-0.05, 0) is 56.6 Å². The van der Waals surface area contributed by atoms with Gasteiger partial charge in [-0.1, -0.05) is 23.2 Å². The largest absolute Gasteiger partial charge is 0.490 e. The standard InChI is InChI=1S/C18H20Cl2N2O2/c1-12-8-15(20)9-13(11-22-7-4-14(19)10-17(22)23)18(12)24-16-2-5-21-6-3-16/h4,7-10,16,21H,2-3,5-6,11H2,1H3. The van der Waals surface area contributed by atoms with Crippen LogP contribution in [0.3, 0.4) is 0 Å². The topological polar surface area (TPSA) is 43.3 Å². The normalized spacial score (nSPS) is 15.5. The summed E-state index contributed by atoms with van der Waals surface area (Å²) in [6.07, 6.45) is 3.83. The monoisotopic (exact) mass is 366 g/mol. The second-order valence-corrected chi connectivity index (χ2v) is 6.96. The van der Waals surface area contributed by atoms with Crippen molar-refractivity contribution in [3.63, 3.8) is 0 Å². The van der Waals surface area contributed by atoms with Crippen molar-refractivity contribution in [2.24, 2.45) is 0 Å². The Morgan fingerprint density at radius 1 is 1.21 bits per heavy atom. The molecule has 1 aliphatic rings. The van der Waals surface area contributed by atoms with Crippen LogP contribution >= 0.6 is 23.2 Å². The number of pyridine rings is 1. The van der Waals surface area contributed by atoms with Crippen LogP contribution in [0.25, 0.3) is 0 Å². The Morgan fingerprint density at radius 2 is 1.96 bits per heavy atom. The minimum Gasteiger partial charge on any atom is -0.490 e. The molecule has 0 atom stereocenters. The number of hydrogen-bond donors (Lipinski definition) is 1. The Balaban J connectivity index is 1.91. The summed E-state index contributed by atoms with van der Waals surface area (Å²) in [7, 11) is 0. The van der Waals surface area contributed by atoms with E-state index < -0.39 is 0 Å². The minimum atomic E-state index is -0.145. The third-order valence-corrected chi connectivity index (χ3v) is 4.64. The van der Waals surface area contributed by atoms with Gasteiger partial charge in [0.1, 0.15) is 11.9 Å². The first-order valence-electron chi connectivity index (χ1n) is 8.05. The zero-order chi connectivity index (χ0) is 17.1. The molecule has 1 aliphatic heterocycles. The summed E-state index contributed by atoms with van der Waals surface area (Å²) in [5, 5.41) is 4.41. The van der Waals surface area contributed by atoms with E-state index in [2.05, 4.69) is 5.32 Å². The molecule has 2 heterocycles. The highest BCUT2D eigenvalue weighted by Crippen LogP contribution is 2.30. The Bertz CT molecular complexity index is 783. The van der Waals surface area contributed by atoms with Gasteiger partial charge in [0, 0.05) is 27.9 Å². The van der Waals surface area contributed by atoms with E-state index in [1.54, 1.807) is 16.8 Å². The summed E-state index contributed by atoms with van der Waals surface area (Å²) in [6, 6.07) is 6.87. The number of nitrogens with one attached hydrogen (secondary N) is 1. The van der Waals surface area contributed by atoms with Crippen molar-refractivity contribution >= 4 is 23.2 Å². The summed E-state index contributed by atoms with van der Waals surface area (Å²) >= 11 is 12.1. The summed E-state index contributed by atoms with van der Waals surface area (Å²) in [5.41, 5.74) is 1.74. The van der Waals surface area contributed by atoms with Crippen LogP contribution in [0, 0.1) is 6.92 Å². The van der Waals surface area contributed by atoms with Crippen LogP contribution in [-0.4, -0.2) is 23.8 Å². The number of aryl methyl sites for hydroxylation is 1. The van der Waals surface area contributed by atoms with Crippen molar-refractivity contribution in [2.45, 2.75) is 32.4 Å². The van der Waals surface area contributed by atoms with E-state index in [9.17, 15) is 4.79 Å². The third kappa shape index (κ3) is 4.12. The van der Waals surface area contributed by atoms with Crippen molar-refractivity contribution in [3.8, 4) is 5.75 Å². The average Bonchev–Trinajstić information content (AvgIpc) is 2.54. The molecular weight excluding hydrogens is 347 g/mol. The predicted octanol–water partition coefficient (Wildman–Crippen LogP) is 3.64. The lowest BCUT2D eigenvalue weighted by atomic mass is 10.1. The van der Waals surface area contributed by atoms with E-state index in [0.717, 1.165) is 42.8 Å². The van der Waals surface area contributed by atoms with Gasteiger partial charge in [-0.15, -0.1) is 0 Å². The van der Waals surface area contributed by atoms with Gasteiger partial charge < -0.3 is 14.6 Å². The lowest BCUT2D eigenvalue weighted by Gasteiger charge is -2.26. The van der Waals surface area contributed by atoms with Gasteiger partial charge in [-0.2, -0.15) is 0 Å². The Morgan fingerprint density at radius 3 is 2.67 bits per heavy atom. The molecule has 0 saturated carbocycles.